The molecule has 4 rings (SSSR count). The molecule has 0 bridgehead atoms. The first-order chi connectivity index (χ1) is 23.0. The Kier molecular flexibility index (Phi) is 10.8. The topological polar surface area (TPSA) is 265 Å². The summed E-state index contributed by atoms with van der Waals surface area (Å²) >= 11 is 0. The zero-order valence-electron chi connectivity index (χ0n) is 26.2. The molecule has 2 aliphatic heterocycles. The molecule has 2 aromatic rings. The summed E-state index contributed by atoms with van der Waals surface area (Å²) in [5.41, 5.74) is -0.549. The second-order valence-corrected chi connectivity index (χ2v) is 13.2. The van der Waals surface area contributed by atoms with Crippen LogP contribution < -0.4 is 4.72 Å². The third-order valence-electron chi connectivity index (χ3n) is 7.33. The molecule has 2 saturated heterocycles. The lowest BCUT2D eigenvalue weighted by atomic mass is 10.0. The fourth-order valence-corrected chi connectivity index (χ4v) is 6.50. The van der Waals surface area contributed by atoms with Gasteiger partial charge >= 0.3 is 12.1 Å². The van der Waals surface area contributed by atoms with Crippen molar-refractivity contribution in [3.05, 3.63) is 36.4 Å². The van der Waals surface area contributed by atoms with Crippen LogP contribution in [0.25, 0.3) is 11.1 Å². The maximum Gasteiger partial charge on any atom is 0.333 e. The van der Waals surface area contributed by atoms with Gasteiger partial charge in [0.1, 0.15) is 0 Å². The Morgan fingerprint density at radius 2 is 1.14 bits per heavy atom. The van der Waals surface area contributed by atoms with E-state index in [1.54, 1.807) is 0 Å². The molecule has 8 amide bonds. The van der Waals surface area contributed by atoms with Crippen LogP contribution in [0.5, 0.6) is 0 Å². The molecule has 22 heteroatoms. The average Bonchev–Trinajstić information content (AvgIpc) is 3.08. The van der Waals surface area contributed by atoms with Gasteiger partial charge in [-0.2, -0.15) is 20.5 Å². The van der Waals surface area contributed by atoms with E-state index in [2.05, 4.69) is 25.2 Å². The number of sulfonamides is 1. The quantitative estimate of drug-likeness (QED) is 0.120. The van der Waals surface area contributed by atoms with Crippen LogP contribution in [0, 0.1) is 0 Å². The maximum absolute atomic E-state index is 13.4. The lowest BCUT2D eigenvalue weighted by Crippen LogP contribution is -2.58. The minimum absolute atomic E-state index is 0.0444. The predicted molar refractivity (Wildman–Crippen MR) is 166 cm³/mol. The van der Waals surface area contributed by atoms with Gasteiger partial charge in [0.25, 0.3) is 23.6 Å². The van der Waals surface area contributed by atoms with Crippen LogP contribution in [0.15, 0.2) is 66.6 Å². The van der Waals surface area contributed by atoms with Crippen LogP contribution in [-0.2, 0) is 39.9 Å². The van der Waals surface area contributed by atoms with Crippen LogP contribution in [0.2, 0.25) is 0 Å². The van der Waals surface area contributed by atoms with Gasteiger partial charge in [-0.1, -0.05) is 12.1 Å². The highest BCUT2D eigenvalue weighted by molar-refractivity contribution is 7.89. The summed E-state index contributed by atoms with van der Waals surface area (Å²) in [6.45, 7) is -0.533. The summed E-state index contributed by atoms with van der Waals surface area (Å²) < 4.78 is 54.0. The lowest BCUT2D eigenvalue weighted by molar-refractivity contribution is -0.144. The van der Waals surface area contributed by atoms with E-state index in [1.807, 2.05) is 0 Å². The largest absolute Gasteiger partial charge is 0.396 e. The minimum atomic E-state index is -4.44. The van der Waals surface area contributed by atoms with Crippen molar-refractivity contribution in [3.63, 3.8) is 0 Å². The fraction of sp³-hybridized carbons (Fsp3) is 0.333. The van der Waals surface area contributed by atoms with Gasteiger partial charge in [0.2, 0.25) is 22.1 Å². The van der Waals surface area contributed by atoms with Crippen molar-refractivity contribution >= 4 is 67.8 Å². The first kappa shape index (κ1) is 36.5. The molecule has 260 valence electrons. The van der Waals surface area contributed by atoms with Gasteiger partial charge in [-0.15, -0.1) is 0 Å². The average molecular weight is 720 g/mol. The number of likely N-dealkylation sites (N-methyl/N-ethyl adjacent to an activating group) is 4. The lowest BCUT2D eigenvalue weighted by Gasteiger charge is -2.30. The minimum Gasteiger partial charge on any atom is -0.396 e. The van der Waals surface area contributed by atoms with Crippen LogP contribution >= 0.6 is 0 Å². The fourth-order valence-electron chi connectivity index (χ4n) is 4.56. The third kappa shape index (κ3) is 7.25. The molecule has 2 heterocycles. The number of rotatable bonds is 11. The standard InChI is InChI=1S/C27H29N9O11S2/c1-33-22(38)20(23(39)34(2)26(33)42)31-29-14-6-8-16(18(12-14)48(44)45)17-9-7-15(13-19(17)49(46,47)28-10-5-11-37)30-32-21-24(40)35(3)27(43)36(4)25(21)41/h6-9,12-13,20-21,28,37,48H,5,10-11H2,1-4H3. The second kappa shape index (κ2) is 14.4. The van der Waals surface area contributed by atoms with Gasteiger partial charge in [0, 0.05) is 52.5 Å². The highest BCUT2D eigenvalue weighted by Crippen LogP contribution is 2.36. The van der Waals surface area contributed by atoms with Crippen LogP contribution in [0.4, 0.5) is 21.0 Å². The van der Waals surface area contributed by atoms with Crippen molar-refractivity contribution in [2.45, 2.75) is 28.3 Å². The Balaban J connectivity index is 1.77. The number of amides is 8. The van der Waals surface area contributed by atoms with Crippen LogP contribution in [0.1, 0.15) is 6.42 Å². The van der Waals surface area contributed by atoms with Gasteiger partial charge in [-0.25, -0.2) is 31.1 Å². The number of aliphatic hydroxyl groups is 1. The number of nitrogens with zero attached hydrogens (tertiary/aromatic N) is 8. The molecule has 0 saturated carbocycles. The summed E-state index contributed by atoms with van der Waals surface area (Å²) in [5.74, 6) is -3.82. The monoisotopic (exact) mass is 719 g/mol. The first-order valence-electron chi connectivity index (χ1n) is 14.0. The number of carbonyl (C=O) groups excluding carboxylic acids is 6. The van der Waals surface area contributed by atoms with E-state index in [0.29, 0.717) is 19.6 Å². The summed E-state index contributed by atoms with van der Waals surface area (Å²) in [4.78, 5) is 75.7. The first-order valence-corrected chi connectivity index (χ1v) is 16.7. The van der Waals surface area contributed by atoms with Gasteiger partial charge in [-0.3, -0.25) is 38.8 Å². The number of thiol groups is 1. The number of nitrogens with one attached hydrogen (secondary N) is 1. The number of urea groups is 2. The molecule has 0 radical (unpaired) electrons. The van der Waals surface area contributed by atoms with E-state index >= 15 is 0 Å². The van der Waals surface area contributed by atoms with Crippen molar-refractivity contribution in [1.82, 2.24) is 24.3 Å². The van der Waals surface area contributed by atoms with E-state index in [-0.39, 0.29) is 42.1 Å². The molecule has 20 nitrogen and oxygen atoms in total. The molecule has 2 aliphatic rings. The molecule has 0 aliphatic carbocycles. The summed E-state index contributed by atoms with van der Waals surface area (Å²) in [5, 5.41) is 24.3. The van der Waals surface area contributed by atoms with Crippen molar-refractivity contribution in [1.29, 1.82) is 0 Å². The normalized spacial score (nSPS) is 17.3. The van der Waals surface area contributed by atoms with Gasteiger partial charge < -0.3 is 5.11 Å². The number of azo groups is 2. The van der Waals surface area contributed by atoms with Crippen molar-refractivity contribution in [3.8, 4) is 11.1 Å². The number of benzene rings is 2. The highest BCUT2D eigenvalue weighted by atomic mass is 32.2. The second-order valence-electron chi connectivity index (χ2n) is 10.5. The SMILES string of the molecule is CN1C(=O)C(N=Nc2ccc(-c3ccc(N=NC4C(=O)N(C)C(=O)N(C)C4=O)cc3S(=O)(=O)NCCCO)c([SH](=O)=O)c2)C(=O)N(C)C1=O. The van der Waals surface area contributed by atoms with Crippen molar-refractivity contribution in [2.75, 3.05) is 41.3 Å². The van der Waals surface area contributed by atoms with Gasteiger partial charge in [0.05, 0.1) is 21.2 Å². The zero-order chi connectivity index (χ0) is 36.4. The Bertz CT molecular complexity index is 1960. The number of hydrogen-bond acceptors (Lipinski definition) is 15. The number of imide groups is 4. The number of carbonyl (C=O) groups is 6. The molecule has 0 spiro atoms. The molecule has 2 aromatic carbocycles. The Labute approximate surface area is 280 Å². The Morgan fingerprint density at radius 1 is 0.714 bits per heavy atom. The molecule has 0 atom stereocenters. The van der Waals surface area contributed by atoms with Crippen molar-refractivity contribution < 1.29 is 50.7 Å². The highest BCUT2D eigenvalue weighted by Gasteiger charge is 2.44. The maximum atomic E-state index is 13.4. The number of aliphatic hydroxyl groups excluding tert-OH is 1. The van der Waals surface area contributed by atoms with E-state index in [9.17, 15) is 45.6 Å². The molecule has 2 fully saturated rings. The molecule has 2 N–H and O–H groups in total. The number of barbiturate groups is 2. The van der Waals surface area contributed by atoms with Gasteiger partial charge in [-0.05, 0) is 30.7 Å². The molecule has 0 unspecified atom stereocenters. The smallest absolute Gasteiger partial charge is 0.333 e. The molecule has 49 heavy (non-hydrogen) atoms. The summed E-state index contributed by atoms with van der Waals surface area (Å²) in [7, 11) is -3.27. The van der Waals surface area contributed by atoms with E-state index in [1.165, 1.54) is 24.3 Å². The number of hydrogen-bond donors (Lipinski definition) is 3. The zero-order valence-corrected chi connectivity index (χ0v) is 27.9. The van der Waals surface area contributed by atoms with E-state index in [4.69, 9.17) is 5.11 Å². The molecule has 0 aromatic heterocycles. The van der Waals surface area contributed by atoms with Crippen molar-refractivity contribution in [2.24, 2.45) is 20.5 Å². The Hall–Kier alpha value is -5.32. The summed E-state index contributed by atoms with van der Waals surface area (Å²) in [6.07, 6.45) is 0.0444. The van der Waals surface area contributed by atoms with Gasteiger partial charge in [0.15, 0.2) is 10.7 Å². The van der Waals surface area contributed by atoms with Crippen LogP contribution in [-0.4, -0.2) is 131 Å². The van der Waals surface area contributed by atoms with Crippen LogP contribution in [0.3, 0.4) is 0 Å². The molecular formula is C27H29N9O11S2. The third-order valence-corrected chi connectivity index (χ3v) is 9.60. The van der Waals surface area contributed by atoms with E-state index in [0.717, 1.165) is 40.3 Å². The molecular weight excluding hydrogens is 690 g/mol. The van der Waals surface area contributed by atoms with E-state index < -0.39 is 78.3 Å². The predicted octanol–water partition coefficient (Wildman–Crippen LogP) is -0.01000. The Morgan fingerprint density at radius 3 is 1.57 bits per heavy atom. The summed E-state index contributed by atoms with van der Waals surface area (Å²) in [6, 6.07) is 1.78.